The predicted octanol–water partition coefficient (Wildman–Crippen LogP) is 11.4. The zero-order chi connectivity index (χ0) is 37.2. The molecule has 3 atom stereocenters. The van der Waals surface area contributed by atoms with E-state index in [2.05, 4.69) is 60.5 Å². The van der Waals surface area contributed by atoms with E-state index in [4.69, 9.17) is 44.3 Å². The van der Waals surface area contributed by atoms with Gasteiger partial charge in [-0.1, -0.05) is 186 Å². The molecule has 1 heterocycles. The molecule has 52 heavy (non-hydrogen) atoms. The Balaban J connectivity index is 1.50. The van der Waals surface area contributed by atoms with E-state index < -0.39 is 16.0 Å². The van der Waals surface area contributed by atoms with Gasteiger partial charge in [0.1, 0.15) is 0 Å². The summed E-state index contributed by atoms with van der Waals surface area (Å²) in [5.41, 5.74) is 5.81. The van der Waals surface area contributed by atoms with E-state index in [0.717, 1.165) is 59.4 Å². The van der Waals surface area contributed by atoms with Crippen molar-refractivity contribution >= 4 is 40.7 Å². The molecule has 9 heteroatoms. The summed E-state index contributed by atoms with van der Waals surface area (Å²) in [5, 5.41) is 12.4. The van der Waals surface area contributed by atoms with Crippen molar-refractivity contribution in [2.24, 2.45) is 0 Å². The zero-order valence-corrected chi connectivity index (χ0v) is 33.4. The molecule has 3 aromatic carbocycles. The number of nitrogens with zero attached hydrogens (tertiary/aromatic N) is 1. The van der Waals surface area contributed by atoms with Crippen molar-refractivity contribution in [3.05, 3.63) is 95.1 Å². The van der Waals surface area contributed by atoms with Gasteiger partial charge in [0, 0.05) is 25.1 Å². The van der Waals surface area contributed by atoms with Crippen molar-refractivity contribution in [3.8, 4) is 11.1 Å². The number of halogens is 3. The van der Waals surface area contributed by atoms with Gasteiger partial charge in [-0.25, -0.2) is 0 Å². The maximum absolute atomic E-state index is 12.2. The minimum absolute atomic E-state index is 0.00313. The molecule has 1 amide bonds. The Kier molecular flexibility index (Phi) is 18.8. The maximum atomic E-state index is 12.2. The third-order valence-corrected chi connectivity index (χ3v) is 10.5. The normalized spacial score (nSPS) is 17.8. The van der Waals surface area contributed by atoms with Gasteiger partial charge in [-0.3, -0.25) is 4.79 Å². The van der Waals surface area contributed by atoms with Gasteiger partial charge in [0.2, 0.25) is 0 Å². The van der Waals surface area contributed by atoms with Crippen LogP contribution in [-0.2, 0) is 27.4 Å². The van der Waals surface area contributed by atoms with Gasteiger partial charge in [0.15, 0.2) is 6.29 Å². The third kappa shape index (κ3) is 14.2. The van der Waals surface area contributed by atoms with Crippen LogP contribution in [0.15, 0.2) is 72.8 Å². The van der Waals surface area contributed by atoms with Gasteiger partial charge in [0.05, 0.1) is 18.8 Å². The van der Waals surface area contributed by atoms with Crippen molar-refractivity contribution in [2.75, 3.05) is 19.6 Å². The van der Waals surface area contributed by atoms with E-state index in [1.165, 1.54) is 77.0 Å². The Labute approximate surface area is 327 Å². The first kappa shape index (κ1) is 42.6. The average molecular weight is 774 g/mol. The monoisotopic (exact) mass is 772 g/mol. The summed E-state index contributed by atoms with van der Waals surface area (Å²) in [7, 11) is 0. The summed E-state index contributed by atoms with van der Waals surface area (Å²) in [6.07, 6.45) is 15.6. The lowest BCUT2D eigenvalue weighted by atomic mass is 9.97. The standard InChI is InChI=1S/C43H59Cl3N2O4/c1-3-5-7-9-11-15-27-48(28-16-12-10-8-6-4-2)31-38-29-40(35-21-19-33(32-49)20-22-35)52-41(51-38)36-25-23-34(24-26-36)39-18-14-13-17-37(39)30-47-42(50)43(44,45)46/h13-14,17-26,38,40-41,49H,3-12,15-16,27-32H2,1-2H3,(H,47,50)/t38-,40+,41+/m1/s1. The maximum Gasteiger partial charge on any atom is 0.272 e. The number of aliphatic hydroxyl groups is 1. The predicted molar refractivity (Wildman–Crippen MR) is 216 cm³/mol. The van der Waals surface area contributed by atoms with Crippen molar-refractivity contribution in [3.63, 3.8) is 0 Å². The lowest BCUT2D eigenvalue weighted by molar-refractivity contribution is -0.253. The van der Waals surface area contributed by atoms with Crippen LogP contribution in [0.1, 0.15) is 132 Å². The van der Waals surface area contributed by atoms with Crippen LogP contribution >= 0.6 is 34.8 Å². The molecule has 4 rings (SSSR count). The number of nitrogens with one attached hydrogen (secondary N) is 1. The van der Waals surface area contributed by atoms with Crippen LogP contribution in [0.25, 0.3) is 11.1 Å². The van der Waals surface area contributed by atoms with Crippen LogP contribution in [0.4, 0.5) is 0 Å². The summed E-state index contributed by atoms with van der Waals surface area (Å²) >= 11 is 17.3. The van der Waals surface area contributed by atoms with Crippen molar-refractivity contribution in [1.29, 1.82) is 0 Å². The lowest BCUT2D eigenvalue weighted by Gasteiger charge is -2.38. The molecule has 1 fully saturated rings. The molecular weight excluding hydrogens is 715 g/mol. The van der Waals surface area contributed by atoms with Crippen molar-refractivity contribution in [1.82, 2.24) is 10.2 Å². The van der Waals surface area contributed by atoms with Gasteiger partial charge in [-0.05, 0) is 53.7 Å². The number of hydrogen-bond donors (Lipinski definition) is 2. The number of hydrogen-bond acceptors (Lipinski definition) is 5. The number of aliphatic hydroxyl groups excluding tert-OH is 1. The molecule has 2 N–H and O–H groups in total. The Bertz CT molecular complexity index is 1430. The van der Waals surface area contributed by atoms with Crippen LogP contribution in [0.2, 0.25) is 0 Å². The second-order valence-electron chi connectivity index (χ2n) is 14.1. The van der Waals surface area contributed by atoms with Crippen LogP contribution in [-0.4, -0.2) is 45.4 Å². The number of alkyl halides is 3. The molecule has 3 aromatic rings. The van der Waals surface area contributed by atoms with E-state index in [-0.39, 0.29) is 25.4 Å². The highest BCUT2D eigenvalue weighted by Gasteiger charge is 2.33. The molecule has 0 unspecified atom stereocenters. The summed E-state index contributed by atoms with van der Waals surface area (Å²) in [5.74, 6) is -0.665. The molecule has 0 radical (unpaired) electrons. The minimum atomic E-state index is -2.02. The van der Waals surface area contributed by atoms with E-state index in [1.54, 1.807) is 0 Å². The number of carbonyl (C=O) groups excluding carboxylic acids is 1. The summed E-state index contributed by atoms with van der Waals surface area (Å²) < 4.78 is 11.5. The second-order valence-corrected chi connectivity index (χ2v) is 16.4. The van der Waals surface area contributed by atoms with Gasteiger partial charge in [0.25, 0.3) is 9.70 Å². The quantitative estimate of drug-likeness (QED) is 0.0786. The topological polar surface area (TPSA) is 71.0 Å². The van der Waals surface area contributed by atoms with Crippen molar-refractivity contribution < 1.29 is 19.4 Å². The van der Waals surface area contributed by atoms with Gasteiger partial charge in [-0.2, -0.15) is 0 Å². The van der Waals surface area contributed by atoms with E-state index in [0.29, 0.717) is 0 Å². The largest absolute Gasteiger partial charge is 0.392 e. The zero-order valence-electron chi connectivity index (χ0n) is 31.1. The first-order chi connectivity index (χ1) is 25.2. The molecule has 0 bridgehead atoms. The molecule has 0 saturated carbocycles. The molecule has 0 aliphatic carbocycles. The SMILES string of the molecule is CCCCCCCCN(CCCCCCCC)C[C@H]1C[C@@H](c2ccc(CO)cc2)O[C@@H](c2ccc(-c3ccccc3CNC(=O)C(Cl)(Cl)Cl)cc2)O1. The smallest absolute Gasteiger partial charge is 0.272 e. The lowest BCUT2D eigenvalue weighted by Crippen LogP contribution is -2.40. The molecule has 1 aliphatic rings. The number of rotatable bonds is 22. The number of amides is 1. The highest BCUT2D eigenvalue weighted by molar-refractivity contribution is 6.76. The average Bonchev–Trinajstić information content (AvgIpc) is 3.16. The first-order valence-electron chi connectivity index (χ1n) is 19.5. The Hall–Kier alpha value is -2.16. The summed E-state index contributed by atoms with van der Waals surface area (Å²) in [4.78, 5) is 14.9. The fourth-order valence-corrected chi connectivity index (χ4v) is 7.10. The highest BCUT2D eigenvalue weighted by Crippen LogP contribution is 2.39. The van der Waals surface area contributed by atoms with Crippen LogP contribution < -0.4 is 5.32 Å². The second kappa shape index (κ2) is 22.9. The highest BCUT2D eigenvalue weighted by atomic mass is 35.6. The van der Waals surface area contributed by atoms with Crippen LogP contribution in [0.3, 0.4) is 0 Å². The van der Waals surface area contributed by atoms with E-state index in [9.17, 15) is 9.90 Å². The fourth-order valence-electron chi connectivity index (χ4n) is 6.90. The van der Waals surface area contributed by atoms with Gasteiger partial charge >= 0.3 is 0 Å². The number of carbonyl (C=O) groups is 1. The van der Waals surface area contributed by atoms with E-state index in [1.807, 2.05) is 36.4 Å². The van der Waals surface area contributed by atoms with Gasteiger partial charge < -0.3 is 24.8 Å². The summed E-state index contributed by atoms with van der Waals surface area (Å²) in [6, 6.07) is 24.2. The molecule has 0 aromatic heterocycles. The van der Waals surface area contributed by atoms with Crippen LogP contribution in [0.5, 0.6) is 0 Å². The Morgan fingerprint density at radius 3 is 1.94 bits per heavy atom. The minimum Gasteiger partial charge on any atom is -0.392 e. The molecule has 6 nitrogen and oxygen atoms in total. The number of unbranched alkanes of at least 4 members (excludes halogenated alkanes) is 10. The molecule has 286 valence electrons. The molecular formula is C43H59Cl3N2O4. The van der Waals surface area contributed by atoms with Gasteiger partial charge in [-0.15, -0.1) is 0 Å². The van der Waals surface area contributed by atoms with Crippen LogP contribution in [0, 0.1) is 0 Å². The number of benzene rings is 3. The third-order valence-electron chi connectivity index (χ3n) is 9.94. The summed E-state index contributed by atoms with van der Waals surface area (Å²) in [6.45, 7) is 7.85. The molecule has 1 aliphatic heterocycles. The Morgan fingerprint density at radius 2 is 1.35 bits per heavy atom. The van der Waals surface area contributed by atoms with E-state index >= 15 is 0 Å². The van der Waals surface area contributed by atoms with Crippen molar-refractivity contribution in [2.45, 2.75) is 133 Å². The first-order valence-corrected chi connectivity index (χ1v) is 20.6. The molecule has 0 spiro atoms. The Morgan fingerprint density at radius 1 is 0.769 bits per heavy atom. The fraction of sp³-hybridized carbons (Fsp3) is 0.558. The molecule has 1 saturated heterocycles. The number of ether oxygens (including phenoxy) is 2.